The molecule has 0 bridgehead atoms. The monoisotopic (exact) mass is 380 g/mol. The number of fused-ring (bicyclic) bond motifs is 1. The van der Waals surface area contributed by atoms with Gasteiger partial charge in [0, 0.05) is 11.4 Å². The van der Waals surface area contributed by atoms with Crippen molar-refractivity contribution in [2.75, 3.05) is 0 Å². The van der Waals surface area contributed by atoms with Gasteiger partial charge in [-0.2, -0.15) is 26.3 Å². The van der Waals surface area contributed by atoms with Gasteiger partial charge in [0.25, 0.3) is 0 Å². The van der Waals surface area contributed by atoms with Crippen molar-refractivity contribution in [2.45, 2.75) is 44.8 Å². The van der Waals surface area contributed by atoms with Gasteiger partial charge in [0.05, 0.1) is 17.2 Å². The molecule has 0 aliphatic carbocycles. The van der Waals surface area contributed by atoms with Gasteiger partial charge in [-0.3, -0.25) is 0 Å². The Balaban J connectivity index is 2.80. The van der Waals surface area contributed by atoms with Crippen LogP contribution in [0.3, 0.4) is 0 Å². The van der Waals surface area contributed by atoms with Crippen LogP contribution >= 0.6 is 0 Å². The van der Waals surface area contributed by atoms with E-state index in [0.717, 1.165) is 6.07 Å². The van der Waals surface area contributed by atoms with Crippen LogP contribution in [0.5, 0.6) is 0 Å². The van der Waals surface area contributed by atoms with Gasteiger partial charge in [0.1, 0.15) is 5.69 Å². The Kier molecular flexibility index (Phi) is 5.53. The zero-order valence-electron chi connectivity index (χ0n) is 14.0. The SMILES string of the molecule is CC[C@H](C)[C@H](N)C(O)c1cc(C(F)(F)F)nc2c(C(F)(F)F)cccc12. The van der Waals surface area contributed by atoms with E-state index in [-0.39, 0.29) is 16.9 Å². The van der Waals surface area contributed by atoms with Gasteiger partial charge in [-0.05, 0) is 23.6 Å². The fourth-order valence-corrected chi connectivity index (χ4v) is 2.68. The summed E-state index contributed by atoms with van der Waals surface area (Å²) in [5.41, 5.74) is 1.92. The number of pyridine rings is 1. The number of hydrogen-bond acceptors (Lipinski definition) is 3. The molecule has 0 aliphatic rings. The number of benzene rings is 1. The number of nitrogens with two attached hydrogens (primary N) is 1. The van der Waals surface area contributed by atoms with E-state index < -0.39 is 41.3 Å². The van der Waals surface area contributed by atoms with Crippen molar-refractivity contribution in [1.29, 1.82) is 0 Å². The van der Waals surface area contributed by atoms with E-state index in [9.17, 15) is 31.4 Å². The zero-order valence-corrected chi connectivity index (χ0v) is 14.0. The maximum absolute atomic E-state index is 13.2. The fraction of sp³-hybridized carbons (Fsp3) is 0.471. The number of nitrogens with zero attached hydrogens (tertiary/aromatic N) is 1. The number of hydrogen-bond donors (Lipinski definition) is 2. The van der Waals surface area contributed by atoms with E-state index in [2.05, 4.69) is 4.98 Å². The summed E-state index contributed by atoms with van der Waals surface area (Å²) in [6, 6.07) is 2.53. The molecule has 9 heteroatoms. The minimum atomic E-state index is -4.97. The van der Waals surface area contributed by atoms with Gasteiger partial charge in [-0.1, -0.05) is 32.4 Å². The van der Waals surface area contributed by atoms with Crippen LogP contribution in [0.4, 0.5) is 26.3 Å². The predicted molar refractivity (Wildman–Crippen MR) is 84.1 cm³/mol. The molecule has 1 unspecified atom stereocenters. The fourth-order valence-electron chi connectivity index (χ4n) is 2.68. The molecule has 1 heterocycles. The number of aliphatic hydroxyl groups is 1. The van der Waals surface area contributed by atoms with Crippen LogP contribution in [0.15, 0.2) is 24.3 Å². The summed E-state index contributed by atoms with van der Waals surface area (Å²) in [4.78, 5) is 3.18. The number of aliphatic hydroxyl groups excluding tert-OH is 1. The largest absolute Gasteiger partial charge is 0.433 e. The van der Waals surface area contributed by atoms with Gasteiger partial charge in [0.15, 0.2) is 0 Å². The van der Waals surface area contributed by atoms with Crippen LogP contribution in [0.1, 0.15) is 43.2 Å². The Labute approximate surface area is 145 Å². The van der Waals surface area contributed by atoms with E-state index in [1.54, 1.807) is 13.8 Å². The summed E-state index contributed by atoms with van der Waals surface area (Å²) in [6.07, 6.45) is -10.9. The van der Waals surface area contributed by atoms with Crippen LogP contribution in [0.2, 0.25) is 0 Å². The first-order chi connectivity index (χ1) is 11.9. The molecule has 0 spiro atoms. The minimum Gasteiger partial charge on any atom is -0.387 e. The standard InChI is InChI=1S/C17H18F6N2O/c1-3-8(2)13(24)15(26)10-7-12(17(21,22)23)25-14-9(10)5-4-6-11(14)16(18,19)20/h4-8,13,15,26H,3,24H2,1-2H3/t8-,13-,15?/m0/s1. The smallest absolute Gasteiger partial charge is 0.387 e. The van der Waals surface area contributed by atoms with Crippen molar-refractivity contribution >= 4 is 10.9 Å². The summed E-state index contributed by atoms with van der Waals surface area (Å²) in [5.74, 6) is -0.256. The van der Waals surface area contributed by atoms with E-state index in [0.29, 0.717) is 18.6 Å². The molecule has 3 N–H and O–H groups in total. The average Bonchev–Trinajstić information content (AvgIpc) is 2.56. The quantitative estimate of drug-likeness (QED) is 0.758. The average molecular weight is 380 g/mol. The summed E-state index contributed by atoms with van der Waals surface area (Å²) in [7, 11) is 0. The molecule has 2 rings (SSSR count). The molecule has 1 aromatic carbocycles. The van der Waals surface area contributed by atoms with Crippen molar-refractivity contribution in [3.05, 3.63) is 41.1 Å². The van der Waals surface area contributed by atoms with E-state index in [1.807, 2.05) is 0 Å². The van der Waals surface area contributed by atoms with Crippen molar-refractivity contribution in [1.82, 2.24) is 4.98 Å². The third-order valence-corrected chi connectivity index (χ3v) is 4.45. The van der Waals surface area contributed by atoms with Crippen molar-refractivity contribution in [2.24, 2.45) is 11.7 Å². The molecule has 26 heavy (non-hydrogen) atoms. The van der Waals surface area contributed by atoms with Crippen LogP contribution in [-0.2, 0) is 12.4 Å². The van der Waals surface area contributed by atoms with Crippen molar-refractivity contribution in [3.63, 3.8) is 0 Å². The number of para-hydroxylation sites is 1. The highest BCUT2D eigenvalue weighted by molar-refractivity contribution is 5.86. The number of aromatic nitrogens is 1. The lowest BCUT2D eigenvalue weighted by Gasteiger charge is -2.26. The molecule has 0 saturated heterocycles. The second-order valence-electron chi connectivity index (χ2n) is 6.20. The molecule has 0 saturated carbocycles. The highest BCUT2D eigenvalue weighted by Crippen LogP contribution is 2.39. The Hall–Kier alpha value is -1.87. The highest BCUT2D eigenvalue weighted by Gasteiger charge is 2.38. The van der Waals surface area contributed by atoms with E-state index in [1.165, 1.54) is 6.07 Å². The first-order valence-electron chi connectivity index (χ1n) is 7.89. The second kappa shape index (κ2) is 7.03. The van der Waals surface area contributed by atoms with Crippen molar-refractivity contribution in [3.8, 4) is 0 Å². The Bertz CT molecular complexity index is 787. The lowest BCUT2D eigenvalue weighted by Crippen LogP contribution is -2.35. The number of alkyl halides is 6. The number of halogens is 6. The maximum atomic E-state index is 13.2. The zero-order chi connectivity index (χ0) is 19.9. The molecule has 1 aromatic heterocycles. The second-order valence-corrected chi connectivity index (χ2v) is 6.20. The molecule has 144 valence electrons. The third-order valence-electron chi connectivity index (χ3n) is 4.45. The topological polar surface area (TPSA) is 59.1 Å². The van der Waals surface area contributed by atoms with Crippen LogP contribution in [0, 0.1) is 5.92 Å². The third kappa shape index (κ3) is 3.93. The summed E-state index contributed by atoms with van der Waals surface area (Å²) in [6.45, 7) is 3.48. The molecular weight excluding hydrogens is 362 g/mol. The van der Waals surface area contributed by atoms with Crippen molar-refractivity contribution < 1.29 is 31.4 Å². The molecule has 0 radical (unpaired) electrons. The molecule has 0 amide bonds. The molecule has 3 atom stereocenters. The Morgan fingerprint density at radius 3 is 2.23 bits per heavy atom. The van der Waals surface area contributed by atoms with Crippen LogP contribution in [-0.4, -0.2) is 16.1 Å². The lowest BCUT2D eigenvalue weighted by molar-refractivity contribution is -0.142. The Morgan fingerprint density at radius 2 is 1.73 bits per heavy atom. The number of rotatable bonds is 4. The maximum Gasteiger partial charge on any atom is 0.433 e. The summed E-state index contributed by atoms with van der Waals surface area (Å²) in [5, 5.41) is 10.3. The Morgan fingerprint density at radius 1 is 1.12 bits per heavy atom. The lowest BCUT2D eigenvalue weighted by atomic mass is 9.89. The van der Waals surface area contributed by atoms with Gasteiger partial charge >= 0.3 is 12.4 Å². The molecule has 2 aromatic rings. The van der Waals surface area contributed by atoms with E-state index >= 15 is 0 Å². The molecule has 3 nitrogen and oxygen atoms in total. The molecule has 0 aliphatic heterocycles. The molecular formula is C17H18F6N2O. The van der Waals surface area contributed by atoms with Crippen LogP contribution < -0.4 is 5.73 Å². The molecule has 0 fully saturated rings. The van der Waals surface area contributed by atoms with Gasteiger partial charge in [0.2, 0.25) is 0 Å². The van der Waals surface area contributed by atoms with E-state index in [4.69, 9.17) is 5.73 Å². The first kappa shape index (κ1) is 20.4. The first-order valence-corrected chi connectivity index (χ1v) is 7.89. The normalized spacial score (nSPS) is 16.5. The highest BCUT2D eigenvalue weighted by atomic mass is 19.4. The van der Waals surface area contributed by atoms with Crippen LogP contribution in [0.25, 0.3) is 10.9 Å². The summed E-state index contributed by atoms with van der Waals surface area (Å²) >= 11 is 0. The summed E-state index contributed by atoms with van der Waals surface area (Å²) < 4.78 is 79.1. The van der Waals surface area contributed by atoms with Gasteiger partial charge in [-0.25, -0.2) is 4.98 Å². The minimum absolute atomic E-state index is 0.209. The van der Waals surface area contributed by atoms with Gasteiger partial charge in [-0.15, -0.1) is 0 Å². The predicted octanol–water partition coefficient (Wildman–Crippen LogP) is 4.68. The van der Waals surface area contributed by atoms with Gasteiger partial charge < -0.3 is 10.8 Å².